The van der Waals surface area contributed by atoms with E-state index >= 15 is 0 Å². The van der Waals surface area contributed by atoms with Crippen LogP contribution < -0.4 is 4.90 Å². The SMILES string of the molecule is CCOC(=O)c1cn(Cc2ccc(N3CC4C(C3)C4(F)F)nc2C)nc1CCl. The largest absolute Gasteiger partial charge is 0.462 e. The van der Waals surface area contributed by atoms with Crippen molar-refractivity contribution >= 4 is 23.4 Å². The topological polar surface area (TPSA) is 60.2 Å². The van der Waals surface area contributed by atoms with Crippen molar-refractivity contribution in [2.45, 2.75) is 32.2 Å². The first kappa shape index (κ1) is 19.1. The van der Waals surface area contributed by atoms with Gasteiger partial charge in [0.2, 0.25) is 0 Å². The molecule has 1 aliphatic carbocycles. The van der Waals surface area contributed by atoms with Crippen molar-refractivity contribution in [1.29, 1.82) is 0 Å². The summed E-state index contributed by atoms with van der Waals surface area (Å²) in [5.41, 5.74) is 2.55. The van der Waals surface area contributed by atoms with Gasteiger partial charge >= 0.3 is 5.97 Å². The fourth-order valence-electron chi connectivity index (χ4n) is 3.81. The van der Waals surface area contributed by atoms with Gasteiger partial charge in [0.1, 0.15) is 11.4 Å². The van der Waals surface area contributed by atoms with Gasteiger partial charge in [-0.15, -0.1) is 11.6 Å². The second kappa shape index (κ2) is 6.99. The Morgan fingerprint density at radius 1 is 1.36 bits per heavy atom. The molecule has 1 saturated heterocycles. The van der Waals surface area contributed by atoms with Gasteiger partial charge in [-0.1, -0.05) is 6.07 Å². The number of carbonyl (C=O) groups is 1. The number of rotatable bonds is 6. The number of alkyl halides is 3. The van der Waals surface area contributed by atoms with E-state index in [1.165, 1.54) is 0 Å². The molecule has 0 aromatic carbocycles. The minimum absolute atomic E-state index is 0.110. The summed E-state index contributed by atoms with van der Waals surface area (Å²) in [7, 11) is 0. The Balaban J connectivity index is 1.48. The molecule has 0 N–H and O–H groups in total. The maximum atomic E-state index is 13.4. The number of pyridine rings is 1. The van der Waals surface area contributed by atoms with Gasteiger partial charge in [-0.25, -0.2) is 18.6 Å². The lowest BCUT2D eigenvalue weighted by molar-refractivity contribution is 0.0525. The highest BCUT2D eigenvalue weighted by atomic mass is 35.5. The number of esters is 1. The first-order chi connectivity index (χ1) is 13.3. The fourth-order valence-corrected chi connectivity index (χ4v) is 4.01. The van der Waals surface area contributed by atoms with Crippen molar-refractivity contribution in [1.82, 2.24) is 14.8 Å². The number of hydrogen-bond acceptors (Lipinski definition) is 5. The molecule has 0 amide bonds. The molecule has 1 saturated carbocycles. The Kier molecular flexibility index (Phi) is 4.77. The lowest BCUT2D eigenvalue weighted by atomic mass is 10.2. The predicted molar refractivity (Wildman–Crippen MR) is 100.0 cm³/mol. The van der Waals surface area contributed by atoms with Gasteiger partial charge in [0.25, 0.3) is 5.92 Å². The van der Waals surface area contributed by atoms with Crippen LogP contribution in [0, 0.1) is 18.8 Å². The van der Waals surface area contributed by atoms with Gasteiger partial charge in [-0.3, -0.25) is 4.68 Å². The van der Waals surface area contributed by atoms with E-state index in [2.05, 4.69) is 10.1 Å². The van der Waals surface area contributed by atoms with Crippen LogP contribution in [0.15, 0.2) is 18.3 Å². The van der Waals surface area contributed by atoms with E-state index in [0.29, 0.717) is 30.9 Å². The number of fused-ring (bicyclic) bond motifs is 1. The quantitative estimate of drug-likeness (QED) is 0.540. The number of aromatic nitrogens is 3. The third kappa shape index (κ3) is 3.23. The number of hydrogen-bond donors (Lipinski definition) is 0. The third-order valence-electron chi connectivity index (χ3n) is 5.50. The van der Waals surface area contributed by atoms with Crippen molar-refractivity contribution in [2.24, 2.45) is 11.8 Å². The van der Waals surface area contributed by atoms with Gasteiger partial charge in [0.15, 0.2) is 0 Å². The zero-order valence-corrected chi connectivity index (χ0v) is 16.4. The van der Waals surface area contributed by atoms with Crippen LogP contribution in [-0.2, 0) is 17.2 Å². The Bertz CT molecular complexity index is 903. The van der Waals surface area contributed by atoms with Gasteiger partial charge < -0.3 is 9.64 Å². The van der Waals surface area contributed by atoms with E-state index in [1.807, 2.05) is 24.0 Å². The normalized spacial score (nSPS) is 22.2. The molecule has 2 aliphatic rings. The molecule has 2 aromatic heterocycles. The van der Waals surface area contributed by atoms with E-state index < -0.39 is 23.7 Å². The zero-order chi connectivity index (χ0) is 20.1. The Hall–Kier alpha value is -2.22. The van der Waals surface area contributed by atoms with Gasteiger partial charge in [0, 0.05) is 25.0 Å². The smallest absolute Gasteiger partial charge is 0.341 e. The van der Waals surface area contributed by atoms with E-state index in [-0.39, 0.29) is 12.5 Å². The van der Waals surface area contributed by atoms with E-state index in [4.69, 9.17) is 16.3 Å². The predicted octanol–water partition coefficient (Wildman–Crippen LogP) is 3.25. The molecule has 4 rings (SSSR count). The molecule has 0 bridgehead atoms. The monoisotopic (exact) mass is 410 g/mol. The van der Waals surface area contributed by atoms with Crippen LogP contribution in [0.5, 0.6) is 0 Å². The molecule has 2 unspecified atom stereocenters. The molecule has 6 nitrogen and oxygen atoms in total. The molecule has 2 fully saturated rings. The van der Waals surface area contributed by atoms with Crippen LogP contribution in [0.3, 0.4) is 0 Å². The minimum atomic E-state index is -2.50. The molecule has 28 heavy (non-hydrogen) atoms. The first-order valence-electron chi connectivity index (χ1n) is 9.23. The molecule has 150 valence electrons. The fraction of sp³-hybridized carbons (Fsp3) is 0.526. The lowest BCUT2D eigenvalue weighted by Gasteiger charge is -2.21. The summed E-state index contributed by atoms with van der Waals surface area (Å²) in [6.07, 6.45) is 1.62. The molecule has 0 spiro atoms. The molecule has 3 heterocycles. The van der Waals surface area contributed by atoms with Gasteiger partial charge in [-0.05, 0) is 25.5 Å². The van der Waals surface area contributed by atoms with E-state index in [1.54, 1.807) is 17.8 Å². The molecular formula is C19H21ClF2N4O2. The molecular weight excluding hydrogens is 390 g/mol. The Labute approximate surface area is 166 Å². The summed E-state index contributed by atoms with van der Waals surface area (Å²) < 4.78 is 33.4. The molecule has 2 aromatic rings. The van der Waals surface area contributed by atoms with Crippen molar-refractivity contribution in [3.63, 3.8) is 0 Å². The van der Waals surface area contributed by atoms with Crippen LogP contribution >= 0.6 is 11.6 Å². The number of ether oxygens (including phenoxy) is 1. The number of aryl methyl sites for hydroxylation is 1. The van der Waals surface area contributed by atoms with Crippen molar-refractivity contribution in [3.05, 3.63) is 40.8 Å². The van der Waals surface area contributed by atoms with Crippen LogP contribution in [0.4, 0.5) is 14.6 Å². The average molecular weight is 411 g/mol. The maximum Gasteiger partial charge on any atom is 0.341 e. The summed E-state index contributed by atoms with van der Waals surface area (Å²) in [4.78, 5) is 18.5. The number of carbonyl (C=O) groups excluding carboxylic acids is 1. The third-order valence-corrected chi connectivity index (χ3v) is 5.75. The number of nitrogens with zero attached hydrogens (tertiary/aromatic N) is 4. The molecule has 1 aliphatic heterocycles. The number of anilines is 1. The maximum absolute atomic E-state index is 13.4. The Morgan fingerprint density at radius 2 is 2.07 bits per heavy atom. The van der Waals surface area contributed by atoms with Gasteiger partial charge in [-0.2, -0.15) is 5.10 Å². The van der Waals surface area contributed by atoms with Crippen LogP contribution in [0.2, 0.25) is 0 Å². The highest BCUT2D eigenvalue weighted by molar-refractivity contribution is 6.17. The standard InChI is InChI=1S/C19H21ClF2N4O2/c1-3-28-18(27)13-8-26(24-16(13)6-20)7-12-4-5-17(23-11(12)2)25-9-14-15(10-25)19(14,21)22/h4-5,8,14-15H,3,6-7,9-10H2,1-2H3. The molecule has 9 heteroatoms. The average Bonchev–Trinajstić information content (AvgIpc) is 3.09. The highest BCUT2D eigenvalue weighted by Gasteiger charge is 2.71. The molecule has 0 radical (unpaired) electrons. The summed E-state index contributed by atoms with van der Waals surface area (Å²) in [6, 6.07) is 3.77. The summed E-state index contributed by atoms with van der Waals surface area (Å²) >= 11 is 5.90. The van der Waals surface area contributed by atoms with Crippen molar-refractivity contribution in [3.8, 4) is 0 Å². The first-order valence-corrected chi connectivity index (χ1v) is 9.77. The highest BCUT2D eigenvalue weighted by Crippen LogP contribution is 2.59. The summed E-state index contributed by atoms with van der Waals surface area (Å²) in [6.45, 7) is 5.02. The molecule has 2 atom stereocenters. The second-order valence-corrected chi connectivity index (χ2v) is 7.51. The number of piperidine rings is 1. The van der Waals surface area contributed by atoms with Crippen molar-refractivity contribution < 1.29 is 18.3 Å². The van der Waals surface area contributed by atoms with Crippen molar-refractivity contribution in [2.75, 3.05) is 24.6 Å². The van der Waals surface area contributed by atoms with Crippen LogP contribution in [-0.4, -0.2) is 46.4 Å². The van der Waals surface area contributed by atoms with Crippen LogP contribution in [0.25, 0.3) is 0 Å². The lowest BCUT2D eigenvalue weighted by Crippen LogP contribution is -2.28. The van der Waals surface area contributed by atoms with Gasteiger partial charge in [0.05, 0.1) is 36.6 Å². The second-order valence-electron chi connectivity index (χ2n) is 7.25. The number of halogens is 3. The zero-order valence-electron chi connectivity index (χ0n) is 15.7. The summed E-state index contributed by atoms with van der Waals surface area (Å²) in [5.74, 6) is -3.18. The Morgan fingerprint density at radius 3 is 2.68 bits per heavy atom. The van der Waals surface area contributed by atoms with Crippen LogP contribution in [0.1, 0.15) is 34.2 Å². The van der Waals surface area contributed by atoms with E-state index in [0.717, 1.165) is 17.1 Å². The van der Waals surface area contributed by atoms with E-state index in [9.17, 15) is 13.6 Å². The summed E-state index contributed by atoms with van der Waals surface area (Å²) in [5, 5.41) is 4.36. The minimum Gasteiger partial charge on any atom is -0.462 e.